The van der Waals surface area contributed by atoms with Crippen LogP contribution < -0.4 is 0 Å². The molecule has 0 heterocycles. The summed E-state index contributed by atoms with van der Waals surface area (Å²) in [5, 5.41) is 8.38. The third-order valence-corrected chi connectivity index (χ3v) is 4.27. The molecule has 2 unspecified atom stereocenters. The Labute approximate surface area is 97.7 Å². The summed E-state index contributed by atoms with van der Waals surface area (Å²) in [6, 6.07) is 0. The van der Waals surface area contributed by atoms with Gasteiger partial charge in [0.2, 0.25) is 0 Å². The quantitative estimate of drug-likeness (QED) is 0.801. The molecular formula is C9H15F3O4S. The highest BCUT2D eigenvalue weighted by molar-refractivity contribution is 7.91. The molecule has 0 saturated carbocycles. The Kier molecular flexibility index (Phi) is 5.44. The lowest BCUT2D eigenvalue weighted by Gasteiger charge is -2.17. The zero-order valence-electron chi connectivity index (χ0n) is 9.49. The predicted octanol–water partition coefficient (Wildman–Crippen LogP) is 1.71. The molecule has 2 atom stereocenters. The van der Waals surface area contributed by atoms with Crippen molar-refractivity contribution in [3.8, 4) is 0 Å². The number of sulfone groups is 1. The van der Waals surface area contributed by atoms with Crippen LogP contribution in [0.1, 0.15) is 20.3 Å². The number of carbonyl (C=O) groups is 1. The fourth-order valence-corrected chi connectivity index (χ4v) is 3.26. The largest absolute Gasteiger partial charge is 0.481 e. The number of hydrogen-bond donors (Lipinski definition) is 1. The van der Waals surface area contributed by atoms with Gasteiger partial charge in [0.15, 0.2) is 15.8 Å². The van der Waals surface area contributed by atoms with Crippen LogP contribution in [0.5, 0.6) is 0 Å². The molecule has 0 aliphatic carbocycles. The van der Waals surface area contributed by atoms with Gasteiger partial charge in [0.05, 0.1) is 11.5 Å². The zero-order valence-corrected chi connectivity index (χ0v) is 10.3. The molecule has 8 heteroatoms. The van der Waals surface area contributed by atoms with Crippen molar-refractivity contribution in [3.63, 3.8) is 0 Å². The van der Waals surface area contributed by atoms with E-state index in [-0.39, 0.29) is 5.92 Å². The highest BCUT2D eigenvalue weighted by atomic mass is 32.2. The number of halogens is 3. The molecule has 1 N–H and O–H groups in total. The second kappa shape index (κ2) is 5.70. The van der Waals surface area contributed by atoms with Crippen molar-refractivity contribution in [1.82, 2.24) is 0 Å². The van der Waals surface area contributed by atoms with Gasteiger partial charge in [-0.05, 0) is 5.92 Å². The molecule has 0 aliphatic rings. The molecular weight excluding hydrogens is 261 g/mol. The van der Waals surface area contributed by atoms with E-state index in [2.05, 4.69) is 0 Å². The highest BCUT2D eigenvalue weighted by Gasteiger charge is 2.47. The maximum absolute atomic E-state index is 12.3. The number of carboxylic acids is 1. The van der Waals surface area contributed by atoms with Gasteiger partial charge in [0.25, 0.3) is 0 Å². The first-order valence-corrected chi connectivity index (χ1v) is 6.81. The first-order valence-electron chi connectivity index (χ1n) is 4.99. The van der Waals surface area contributed by atoms with Crippen molar-refractivity contribution in [2.45, 2.75) is 26.4 Å². The summed E-state index contributed by atoms with van der Waals surface area (Å²) in [5.41, 5.74) is 0. The molecule has 0 aromatic heterocycles. The summed E-state index contributed by atoms with van der Waals surface area (Å²) in [7, 11) is -4.02. The molecule has 0 bridgehead atoms. The highest BCUT2D eigenvalue weighted by Crippen LogP contribution is 2.28. The van der Waals surface area contributed by atoms with Crippen LogP contribution in [0.2, 0.25) is 0 Å². The van der Waals surface area contributed by atoms with Crippen LogP contribution in [0, 0.1) is 11.8 Å². The third kappa shape index (κ3) is 5.90. The Morgan fingerprint density at radius 1 is 1.29 bits per heavy atom. The summed E-state index contributed by atoms with van der Waals surface area (Å²) >= 11 is 0. The molecule has 17 heavy (non-hydrogen) atoms. The Morgan fingerprint density at radius 2 is 1.76 bits per heavy atom. The second-order valence-electron chi connectivity index (χ2n) is 4.02. The first kappa shape index (κ1) is 16.2. The molecule has 4 nitrogen and oxygen atoms in total. The van der Waals surface area contributed by atoms with Gasteiger partial charge in [-0.2, -0.15) is 13.2 Å². The van der Waals surface area contributed by atoms with E-state index in [9.17, 15) is 26.4 Å². The molecule has 0 spiro atoms. The SMILES string of the molecule is CCC(C)CS(=O)(=O)CC(C(=O)O)C(F)(F)F. The van der Waals surface area contributed by atoms with Gasteiger partial charge >= 0.3 is 12.1 Å². The molecule has 0 saturated heterocycles. The van der Waals surface area contributed by atoms with Crippen LogP contribution in [-0.2, 0) is 14.6 Å². The van der Waals surface area contributed by atoms with Gasteiger partial charge in [-0.3, -0.25) is 4.79 Å². The van der Waals surface area contributed by atoms with E-state index in [0.29, 0.717) is 6.42 Å². The van der Waals surface area contributed by atoms with E-state index in [4.69, 9.17) is 5.11 Å². The van der Waals surface area contributed by atoms with Crippen molar-refractivity contribution >= 4 is 15.8 Å². The van der Waals surface area contributed by atoms with Gasteiger partial charge in [-0.15, -0.1) is 0 Å². The average molecular weight is 276 g/mol. The van der Waals surface area contributed by atoms with Crippen molar-refractivity contribution in [3.05, 3.63) is 0 Å². The van der Waals surface area contributed by atoms with Crippen LogP contribution >= 0.6 is 0 Å². The second-order valence-corrected chi connectivity index (χ2v) is 6.18. The monoisotopic (exact) mass is 276 g/mol. The predicted molar refractivity (Wildman–Crippen MR) is 55.3 cm³/mol. The van der Waals surface area contributed by atoms with E-state index in [1.807, 2.05) is 0 Å². The minimum atomic E-state index is -5.05. The number of hydrogen-bond acceptors (Lipinski definition) is 3. The van der Waals surface area contributed by atoms with E-state index in [0.717, 1.165) is 0 Å². The minimum Gasteiger partial charge on any atom is -0.481 e. The molecule has 102 valence electrons. The summed E-state index contributed by atoms with van der Waals surface area (Å²) in [5.74, 6) is -7.12. The number of alkyl halides is 3. The van der Waals surface area contributed by atoms with E-state index in [1.165, 1.54) is 0 Å². The number of aliphatic carboxylic acids is 1. The maximum Gasteiger partial charge on any atom is 0.403 e. The van der Waals surface area contributed by atoms with Crippen LogP contribution in [0.25, 0.3) is 0 Å². The smallest absolute Gasteiger partial charge is 0.403 e. The van der Waals surface area contributed by atoms with Crippen molar-refractivity contribution in [2.24, 2.45) is 11.8 Å². The Morgan fingerprint density at radius 3 is 2.06 bits per heavy atom. The molecule has 0 aliphatic heterocycles. The molecule has 0 amide bonds. The fourth-order valence-electron chi connectivity index (χ4n) is 1.18. The van der Waals surface area contributed by atoms with E-state index >= 15 is 0 Å². The Balaban J connectivity index is 4.84. The average Bonchev–Trinajstić information content (AvgIpc) is 2.11. The van der Waals surface area contributed by atoms with Crippen LogP contribution in [0.4, 0.5) is 13.2 Å². The molecule has 0 radical (unpaired) electrons. The number of rotatable bonds is 6. The summed E-state index contributed by atoms with van der Waals surface area (Å²) in [6.45, 7) is 3.29. The van der Waals surface area contributed by atoms with Crippen molar-refractivity contribution in [2.75, 3.05) is 11.5 Å². The fraction of sp³-hybridized carbons (Fsp3) is 0.889. The van der Waals surface area contributed by atoms with Gasteiger partial charge < -0.3 is 5.11 Å². The zero-order chi connectivity index (χ0) is 13.9. The summed E-state index contributed by atoms with van der Waals surface area (Å²) < 4.78 is 59.6. The Bertz CT molecular complexity index is 361. The van der Waals surface area contributed by atoms with Gasteiger partial charge in [0.1, 0.15) is 0 Å². The maximum atomic E-state index is 12.3. The van der Waals surface area contributed by atoms with Crippen LogP contribution in [-0.4, -0.2) is 37.2 Å². The summed E-state index contributed by atoms with van der Waals surface area (Å²) in [4.78, 5) is 10.4. The first-order chi connectivity index (χ1) is 7.49. The standard InChI is InChI=1S/C9H15F3O4S/c1-3-6(2)4-17(15,16)5-7(8(13)14)9(10,11)12/h6-7H,3-5H2,1-2H3,(H,13,14). The topological polar surface area (TPSA) is 71.4 Å². The molecule has 0 aromatic rings. The minimum absolute atomic E-state index is 0.289. The Hall–Kier alpha value is -0.790. The number of carboxylic acid groups (broad SMARTS) is 1. The summed E-state index contributed by atoms with van der Waals surface area (Å²) in [6.07, 6.45) is -4.54. The molecule has 0 fully saturated rings. The van der Waals surface area contributed by atoms with Gasteiger partial charge in [-0.25, -0.2) is 8.42 Å². The van der Waals surface area contributed by atoms with Crippen molar-refractivity contribution < 1.29 is 31.5 Å². The van der Waals surface area contributed by atoms with E-state index in [1.54, 1.807) is 13.8 Å². The molecule has 0 rings (SSSR count). The van der Waals surface area contributed by atoms with Crippen molar-refractivity contribution in [1.29, 1.82) is 0 Å². The third-order valence-electron chi connectivity index (χ3n) is 2.35. The van der Waals surface area contributed by atoms with Crippen LogP contribution in [0.3, 0.4) is 0 Å². The normalized spacial score (nSPS) is 16.5. The lowest BCUT2D eigenvalue weighted by atomic mass is 10.2. The van der Waals surface area contributed by atoms with E-state index < -0.39 is 39.4 Å². The lowest BCUT2D eigenvalue weighted by Crippen LogP contribution is -2.37. The van der Waals surface area contributed by atoms with Gasteiger partial charge in [-0.1, -0.05) is 20.3 Å². The molecule has 0 aromatic carbocycles. The van der Waals surface area contributed by atoms with Gasteiger partial charge in [0, 0.05) is 0 Å². The lowest BCUT2D eigenvalue weighted by molar-refractivity contribution is -0.189. The van der Waals surface area contributed by atoms with Crippen LogP contribution in [0.15, 0.2) is 0 Å².